The van der Waals surface area contributed by atoms with Crippen molar-refractivity contribution in [3.63, 3.8) is 0 Å². The van der Waals surface area contributed by atoms with Crippen molar-refractivity contribution >= 4 is 7.60 Å². The minimum Gasteiger partial charge on any atom is -0.320 e. The predicted octanol–water partition coefficient (Wildman–Crippen LogP) is 8.84. The molecule has 1 N–H and O–H groups in total. The average Bonchev–Trinajstić information content (AvgIpc) is 2.72. The fourth-order valence-corrected chi connectivity index (χ4v) is 6.25. The number of nitrogens with zero attached hydrogens (tertiary/aromatic N) is 1. The first kappa shape index (κ1) is 31.9. The first-order valence-corrected chi connectivity index (χ1v) is 15.3. The van der Waals surface area contributed by atoms with E-state index in [-0.39, 0.29) is 5.78 Å². The molecule has 192 valence electrons. The van der Waals surface area contributed by atoms with Gasteiger partial charge < -0.3 is 13.9 Å². The number of quaternary nitrogens is 1. The van der Waals surface area contributed by atoms with Gasteiger partial charge in [0.1, 0.15) is 0 Å². The zero-order valence-electron chi connectivity index (χ0n) is 22.3. The molecule has 0 bridgehead atoms. The van der Waals surface area contributed by atoms with Gasteiger partial charge in [0, 0.05) is 6.42 Å². The highest BCUT2D eigenvalue weighted by atomic mass is 31.2. The van der Waals surface area contributed by atoms with Crippen LogP contribution in [0, 0.1) is 0 Å². The van der Waals surface area contributed by atoms with Crippen molar-refractivity contribution in [1.82, 2.24) is 0 Å². The average molecular weight is 475 g/mol. The SMILES string of the molecule is CCCCCCCC=CCCCCCCCCCCCOP(=O)(O)C(CCC)[N+](C)(C)C. The molecule has 0 rings (SSSR count). The van der Waals surface area contributed by atoms with Gasteiger partial charge in [-0.15, -0.1) is 0 Å². The third kappa shape index (κ3) is 18.3. The summed E-state index contributed by atoms with van der Waals surface area (Å²) in [6.45, 7) is 4.73. The molecule has 2 atom stereocenters. The van der Waals surface area contributed by atoms with Crippen molar-refractivity contribution in [3.8, 4) is 0 Å². The molecular formula is C27H57NO3P+. The van der Waals surface area contributed by atoms with E-state index in [1.165, 1.54) is 89.9 Å². The van der Waals surface area contributed by atoms with Crippen molar-refractivity contribution in [2.75, 3.05) is 27.7 Å². The summed E-state index contributed by atoms with van der Waals surface area (Å²) in [6, 6.07) is 0. The normalized spacial score (nSPS) is 15.3. The fourth-order valence-electron chi connectivity index (χ4n) is 4.23. The molecule has 2 unspecified atom stereocenters. The number of hydrogen-bond acceptors (Lipinski definition) is 2. The zero-order valence-corrected chi connectivity index (χ0v) is 23.2. The maximum Gasteiger partial charge on any atom is 0.385 e. The molecule has 0 aromatic heterocycles. The van der Waals surface area contributed by atoms with Gasteiger partial charge in [0.25, 0.3) is 0 Å². The molecule has 0 heterocycles. The summed E-state index contributed by atoms with van der Waals surface area (Å²) >= 11 is 0. The van der Waals surface area contributed by atoms with E-state index in [2.05, 4.69) is 26.0 Å². The van der Waals surface area contributed by atoms with Crippen LogP contribution in [0.3, 0.4) is 0 Å². The lowest BCUT2D eigenvalue weighted by molar-refractivity contribution is -0.883. The van der Waals surface area contributed by atoms with Crippen LogP contribution in [0.25, 0.3) is 0 Å². The molecular weight excluding hydrogens is 417 g/mol. The van der Waals surface area contributed by atoms with E-state index in [0.29, 0.717) is 17.5 Å². The molecule has 0 amide bonds. The lowest BCUT2D eigenvalue weighted by Gasteiger charge is -2.35. The highest BCUT2D eigenvalue weighted by Gasteiger charge is 2.41. The maximum atomic E-state index is 12.6. The Morgan fingerprint density at radius 3 is 1.59 bits per heavy atom. The monoisotopic (exact) mass is 474 g/mol. The van der Waals surface area contributed by atoms with Gasteiger partial charge in [0.05, 0.1) is 27.7 Å². The van der Waals surface area contributed by atoms with Gasteiger partial charge in [-0.1, -0.05) is 96.6 Å². The van der Waals surface area contributed by atoms with Gasteiger partial charge >= 0.3 is 7.60 Å². The van der Waals surface area contributed by atoms with Crippen molar-refractivity contribution < 1.29 is 18.5 Å². The minimum atomic E-state index is -3.57. The zero-order chi connectivity index (χ0) is 24.1. The molecule has 32 heavy (non-hydrogen) atoms. The van der Waals surface area contributed by atoms with Crippen LogP contribution in [0.1, 0.15) is 129 Å². The lowest BCUT2D eigenvalue weighted by Crippen LogP contribution is -2.45. The summed E-state index contributed by atoms with van der Waals surface area (Å²) < 4.78 is 18.6. The smallest absolute Gasteiger partial charge is 0.320 e. The molecule has 4 nitrogen and oxygen atoms in total. The standard InChI is InChI=1S/C27H56NO3P/c1-6-8-9-10-11-12-13-14-15-16-17-18-19-20-21-22-23-24-26-31-32(29,30)27(25-7-2)28(3,4)5/h13-14,27H,6-12,15-26H2,1-5H3/p+1. The number of rotatable bonds is 23. The molecule has 0 aliphatic rings. The first-order chi connectivity index (χ1) is 15.3. The molecule has 0 saturated heterocycles. The second-order valence-electron chi connectivity index (χ2n) is 10.4. The summed E-state index contributed by atoms with van der Waals surface area (Å²) in [4.78, 5) is 10.4. The van der Waals surface area contributed by atoms with Crippen LogP contribution in [-0.4, -0.2) is 42.9 Å². The molecule has 0 saturated carbocycles. The second-order valence-corrected chi connectivity index (χ2v) is 12.4. The summed E-state index contributed by atoms with van der Waals surface area (Å²) in [5.41, 5.74) is 0. The van der Waals surface area contributed by atoms with Gasteiger partial charge in [-0.3, -0.25) is 4.57 Å². The molecule has 0 aromatic rings. The Hall–Kier alpha value is -0.150. The number of hydrogen-bond donors (Lipinski definition) is 1. The van der Waals surface area contributed by atoms with E-state index in [0.717, 1.165) is 19.3 Å². The summed E-state index contributed by atoms with van der Waals surface area (Å²) in [5, 5.41) is 0. The largest absolute Gasteiger partial charge is 0.385 e. The molecule has 0 aliphatic heterocycles. The quantitative estimate of drug-likeness (QED) is 0.0696. The topological polar surface area (TPSA) is 46.5 Å². The molecule has 0 fully saturated rings. The summed E-state index contributed by atoms with van der Waals surface area (Å²) in [5.74, 6) is -0.335. The Kier molecular flexibility index (Phi) is 20.1. The highest BCUT2D eigenvalue weighted by molar-refractivity contribution is 7.53. The van der Waals surface area contributed by atoms with Crippen LogP contribution < -0.4 is 0 Å². The predicted molar refractivity (Wildman–Crippen MR) is 141 cm³/mol. The van der Waals surface area contributed by atoms with Crippen LogP contribution in [0.5, 0.6) is 0 Å². The summed E-state index contributed by atoms with van der Waals surface area (Å²) in [7, 11) is 2.35. The van der Waals surface area contributed by atoms with Crippen molar-refractivity contribution in [2.24, 2.45) is 0 Å². The Morgan fingerprint density at radius 1 is 0.719 bits per heavy atom. The molecule has 0 spiro atoms. The Morgan fingerprint density at radius 2 is 1.16 bits per heavy atom. The minimum absolute atomic E-state index is 0.335. The van der Waals surface area contributed by atoms with E-state index in [1.807, 2.05) is 21.1 Å². The molecule has 0 radical (unpaired) electrons. The second kappa shape index (κ2) is 20.2. The summed E-state index contributed by atoms with van der Waals surface area (Å²) in [6.07, 6.45) is 26.9. The van der Waals surface area contributed by atoms with E-state index in [1.54, 1.807) is 0 Å². The van der Waals surface area contributed by atoms with E-state index >= 15 is 0 Å². The maximum absolute atomic E-state index is 12.6. The first-order valence-electron chi connectivity index (χ1n) is 13.7. The van der Waals surface area contributed by atoms with Crippen LogP contribution in [-0.2, 0) is 9.09 Å². The van der Waals surface area contributed by atoms with E-state index in [4.69, 9.17) is 4.52 Å². The molecule has 0 aliphatic carbocycles. The number of unbranched alkanes of at least 4 members (excludes halogenated alkanes) is 14. The highest BCUT2D eigenvalue weighted by Crippen LogP contribution is 2.51. The van der Waals surface area contributed by atoms with Crippen LogP contribution in [0.4, 0.5) is 0 Å². The van der Waals surface area contributed by atoms with Gasteiger partial charge in [-0.25, -0.2) is 0 Å². The third-order valence-electron chi connectivity index (χ3n) is 6.25. The van der Waals surface area contributed by atoms with Crippen molar-refractivity contribution in [2.45, 2.75) is 135 Å². The van der Waals surface area contributed by atoms with Crippen LogP contribution >= 0.6 is 7.60 Å². The molecule has 5 heteroatoms. The Labute approximate surface area is 201 Å². The Bertz CT molecular complexity index is 488. The molecule has 0 aromatic carbocycles. The third-order valence-corrected chi connectivity index (χ3v) is 8.51. The number of allylic oxidation sites excluding steroid dienone is 2. The van der Waals surface area contributed by atoms with Gasteiger partial charge in [0.15, 0.2) is 5.78 Å². The van der Waals surface area contributed by atoms with Crippen LogP contribution in [0.2, 0.25) is 0 Å². The fraction of sp³-hybridized carbons (Fsp3) is 0.926. The lowest BCUT2D eigenvalue weighted by atomic mass is 10.1. The van der Waals surface area contributed by atoms with Gasteiger partial charge in [-0.2, -0.15) is 0 Å². The Balaban J connectivity index is 3.53. The van der Waals surface area contributed by atoms with Crippen molar-refractivity contribution in [1.29, 1.82) is 0 Å². The van der Waals surface area contributed by atoms with Crippen LogP contribution in [0.15, 0.2) is 12.2 Å². The van der Waals surface area contributed by atoms with Gasteiger partial charge in [0.2, 0.25) is 0 Å². The van der Waals surface area contributed by atoms with E-state index < -0.39 is 7.60 Å². The van der Waals surface area contributed by atoms with Crippen molar-refractivity contribution in [3.05, 3.63) is 12.2 Å². The van der Waals surface area contributed by atoms with Gasteiger partial charge in [-0.05, 0) is 38.5 Å². The van der Waals surface area contributed by atoms with E-state index in [9.17, 15) is 9.46 Å².